The lowest BCUT2D eigenvalue weighted by Gasteiger charge is -2.10. The first-order valence-electron chi connectivity index (χ1n) is 7.59. The Kier molecular flexibility index (Phi) is 3.35. The van der Waals surface area contributed by atoms with E-state index >= 15 is 0 Å². The van der Waals surface area contributed by atoms with Gasteiger partial charge in [0.2, 0.25) is 0 Å². The van der Waals surface area contributed by atoms with E-state index in [-0.39, 0.29) is 5.56 Å². The van der Waals surface area contributed by atoms with Crippen LogP contribution in [0.2, 0.25) is 0 Å². The molecule has 24 heavy (non-hydrogen) atoms. The van der Waals surface area contributed by atoms with E-state index in [1.54, 1.807) is 24.5 Å². The van der Waals surface area contributed by atoms with Crippen molar-refractivity contribution in [3.63, 3.8) is 0 Å². The van der Waals surface area contributed by atoms with Crippen LogP contribution in [0.3, 0.4) is 0 Å². The number of pyridine rings is 1. The molecular weight excluding hydrogens is 300 g/mol. The maximum Gasteiger partial charge on any atom is 0.335 e. The van der Waals surface area contributed by atoms with Crippen molar-refractivity contribution in [3.8, 4) is 16.9 Å². The zero-order chi connectivity index (χ0) is 16.5. The van der Waals surface area contributed by atoms with E-state index < -0.39 is 5.97 Å². The highest BCUT2D eigenvalue weighted by Crippen LogP contribution is 2.31. The Bertz CT molecular complexity index is 1020. The van der Waals surface area contributed by atoms with Crippen LogP contribution in [0.1, 0.15) is 10.4 Å². The molecule has 0 unspecified atom stereocenters. The van der Waals surface area contributed by atoms with E-state index in [4.69, 9.17) is 0 Å². The van der Waals surface area contributed by atoms with Crippen molar-refractivity contribution in [2.24, 2.45) is 0 Å². The minimum absolute atomic E-state index is 0.283. The molecule has 0 saturated heterocycles. The number of hydrogen-bond donors (Lipinski definition) is 1. The molecule has 0 amide bonds. The summed E-state index contributed by atoms with van der Waals surface area (Å²) in [5.41, 5.74) is 4.24. The third-order valence-electron chi connectivity index (χ3n) is 4.02. The summed E-state index contributed by atoms with van der Waals surface area (Å²) in [5.74, 6) is -0.924. The van der Waals surface area contributed by atoms with Gasteiger partial charge < -0.3 is 9.67 Å². The molecule has 4 nitrogen and oxygen atoms in total. The van der Waals surface area contributed by atoms with Gasteiger partial charge in [0.15, 0.2) is 0 Å². The molecule has 0 bridgehead atoms. The molecule has 0 saturated carbocycles. The van der Waals surface area contributed by atoms with Crippen molar-refractivity contribution >= 4 is 16.9 Å². The van der Waals surface area contributed by atoms with Gasteiger partial charge in [-0.2, -0.15) is 0 Å². The minimum atomic E-state index is -0.924. The Morgan fingerprint density at radius 3 is 2.50 bits per heavy atom. The SMILES string of the molecule is O=C(O)c1ccc2c(c1)cc(-c1ccccc1)n2-c1cccnc1. The monoisotopic (exact) mass is 314 g/mol. The van der Waals surface area contributed by atoms with Gasteiger partial charge in [-0.3, -0.25) is 4.98 Å². The Hall–Kier alpha value is -3.40. The molecule has 0 atom stereocenters. The van der Waals surface area contributed by atoms with E-state index in [0.717, 1.165) is 27.8 Å². The number of carboxylic acids is 1. The number of aromatic nitrogens is 2. The Morgan fingerprint density at radius 1 is 0.958 bits per heavy atom. The zero-order valence-electron chi connectivity index (χ0n) is 12.8. The van der Waals surface area contributed by atoms with Crippen LogP contribution in [-0.4, -0.2) is 20.6 Å². The second-order valence-electron chi connectivity index (χ2n) is 5.52. The first-order chi connectivity index (χ1) is 11.7. The van der Waals surface area contributed by atoms with Gasteiger partial charge in [0.05, 0.1) is 28.7 Å². The zero-order valence-corrected chi connectivity index (χ0v) is 12.8. The third-order valence-corrected chi connectivity index (χ3v) is 4.02. The fourth-order valence-corrected chi connectivity index (χ4v) is 2.93. The topological polar surface area (TPSA) is 55.1 Å². The fraction of sp³-hybridized carbons (Fsp3) is 0. The molecule has 2 aromatic heterocycles. The molecule has 0 aliphatic carbocycles. The van der Waals surface area contributed by atoms with Crippen molar-refractivity contribution in [3.05, 3.63) is 84.7 Å². The predicted octanol–water partition coefficient (Wildman–Crippen LogP) is 4.39. The highest BCUT2D eigenvalue weighted by molar-refractivity contribution is 5.96. The van der Waals surface area contributed by atoms with Crippen LogP contribution < -0.4 is 0 Å². The van der Waals surface area contributed by atoms with Gasteiger partial charge in [0.25, 0.3) is 0 Å². The third kappa shape index (κ3) is 2.34. The Labute approximate surface area is 138 Å². The van der Waals surface area contributed by atoms with Crippen molar-refractivity contribution in [1.82, 2.24) is 9.55 Å². The van der Waals surface area contributed by atoms with Crippen molar-refractivity contribution in [1.29, 1.82) is 0 Å². The van der Waals surface area contributed by atoms with E-state index in [1.807, 2.05) is 54.6 Å². The van der Waals surface area contributed by atoms with E-state index in [2.05, 4.69) is 9.55 Å². The lowest BCUT2D eigenvalue weighted by molar-refractivity contribution is 0.0697. The van der Waals surface area contributed by atoms with Crippen LogP contribution in [0, 0.1) is 0 Å². The van der Waals surface area contributed by atoms with Crippen LogP contribution in [0.5, 0.6) is 0 Å². The van der Waals surface area contributed by atoms with Gasteiger partial charge in [-0.1, -0.05) is 30.3 Å². The smallest absolute Gasteiger partial charge is 0.335 e. The van der Waals surface area contributed by atoms with Gasteiger partial charge in [0.1, 0.15) is 0 Å². The quantitative estimate of drug-likeness (QED) is 0.610. The molecule has 116 valence electrons. The number of fused-ring (bicyclic) bond motifs is 1. The van der Waals surface area contributed by atoms with Gasteiger partial charge >= 0.3 is 5.97 Å². The molecule has 4 heteroatoms. The summed E-state index contributed by atoms with van der Waals surface area (Å²) in [7, 11) is 0. The fourth-order valence-electron chi connectivity index (χ4n) is 2.93. The second-order valence-corrected chi connectivity index (χ2v) is 5.52. The predicted molar refractivity (Wildman–Crippen MR) is 93.5 cm³/mol. The summed E-state index contributed by atoms with van der Waals surface area (Å²) in [6.45, 7) is 0. The maximum atomic E-state index is 11.3. The first kappa shape index (κ1) is 14.2. The lowest BCUT2D eigenvalue weighted by atomic mass is 10.1. The van der Waals surface area contributed by atoms with Gasteiger partial charge in [-0.25, -0.2) is 4.79 Å². The summed E-state index contributed by atoms with van der Waals surface area (Å²) in [4.78, 5) is 15.5. The van der Waals surface area contributed by atoms with E-state index in [9.17, 15) is 9.90 Å². The molecule has 0 radical (unpaired) electrons. The molecule has 4 rings (SSSR count). The highest BCUT2D eigenvalue weighted by atomic mass is 16.4. The Morgan fingerprint density at radius 2 is 1.79 bits per heavy atom. The minimum Gasteiger partial charge on any atom is -0.478 e. The van der Waals surface area contributed by atoms with Crippen LogP contribution in [0.4, 0.5) is 0 Å². The largest absolute Gasteiger partial charge is 0.478 e. The van der Waals surface area contributed by atoms with Crippen molar-refractivity contribution in [2.75, 3.05) is 0 Å². The molecule has 1 N–H and O–H groups in total. The molecule has 2 aromatic carbocycles. The number of benzene rings is 2. The summed E-state index contributed by atoms with van der Waals surface area (Å²) >= 11 is 0. The number of hydrogen-bond acceptors (Lipinski definition) is 2. The highest BCUT2D eigenvalue weighted by Gasteiger charge is 2.14. The van der Waals surface area contributed by atoms with Crippen molar-refractivity contribution < 1.29 is 9.90 Å². The average molecular weight is 314 g/mol. The summed E-state index contributed by atoms with van der Waals surface area (Å²) in [6, 6.07) is 21.1. The van der Waals surface area contributed by atoms with Crippen LogP contribution in [0.15, 0.2) is 79.1 Å². The molecular formula is C20H14N2O2. The number of carboxylic acid groups (broad SMARTS) is 1. The van der Waals surface area contributed by atoms with Gasteiger partial charge in [0, 0.05) is 11.6 Å². The first-order valence-corrected chi connectivity index (χ1v) is 7.59. The standard InChI is InChI=1S/C20H14N2O2/c23-20(24)15-8-9-18-16(11-15)12-19(14-5-2-1-3-6-14)22(18)17-7-4-10-21-13-17/h1-13H,(H,23,24). The maximum absolute atomic E-state index is 11.3. The lowest BCUT2D eigenvalue weighted by Crippen LogP contribution is -1.98. The number of aromatic carboxylic acids is 1. The van der Waals surface area contributed by atoms with Gasteiger partial charge in [-0.05, 0) is 42.0 Å². The number of carbonyl (C=O) groups is 1. The van der Waals surface area contributed by atoms with E-state index in [1.165, 1.54) is 0 Å². The molecule has 2 heterocycles. The number of rotatable bonds is 3. The Balaban J connectivity index is 2.04. The molecule has 0 aliphatic rings. The summed E-state index contributed by atoms with van der Waals surface area (Å²) in [6.07, 6.45) is 3.54. The normalized spacial score (nSPS) is 10.8. The summed E-state index contributed by atoms with van der Waals surface area (Å²) in [5, 5.41) is 10.1. The van der Waals surface area contributed by atoms with Crippen LogP contribution in [0.25, 0.3) is 27.8 Å². The van der Waals surface area contributed by atoms with E-state index in [0.29, 0.717) is 0 Å². The summed E-state index contributed by atoms with van der Waals surface area (Å²) < 4.78 is 2.10. The molecule has 0 fully saturated rings. The van der Waals surface area contributed by atoms with Crippen LogP contribution >= 0.6 is 0 Å². The molecule has 0 aliphatic heterocycles. The average Bonchev–Trinajstić information content (AvgIpc) is 3.01. The molecule has 4 aromatic rings. The van der Waals surface area contributed by atoms with Crippen LogP contribution in [-0.2, 0) is 0 Å². The second kappa shape index (κ2) is 5.66. The van der Waals surface area contributed by atoms with Crippen molar-refractivity contribution in [2.45, 2.75) is 0 Å². The molecule has 0 spiro atoms. The van der Waals surface area contributed by atoms with Gasteiger partial charge in [-0.15, -0.1) is 0 Å². The number of nitrogens with zero attached hydrogens (tertiary/aromatic N) is 2.